The Bertz CT molecular complexity index is 1020. The Labute approximate surface area is 233 Å². The standard InChI is InChI=1S/C17H22N2O2.C6H11NO2.C4H12NP.CH2O2/c1-21-13-9-10-14-16(11-13)19-17(20)15(18-14)6-4-2-3-5-12-7-8-12;1-9-6(8)5-3-2-4-7-5;1-4(5-2)6-3;2-1-3/h9-12H,2-8H2,1H3,(H,19,20);5,7H,2-4H2,1H3;4-6H,1-3H3;1H,(H,2,3). The fourth-order valence-corrected chi connectivity index (χ4v) is 4.17. The molecule has 1 aromatic heterocycles. The summed E-state index contributed by atoms with van der Waals surface area (Å²) in [5, 5.41) is 13.0. The van der Waals surface area contributed by atoms with E-state index in [1.165, 1.54) is 39.2 Å². The molecule has 11 heteroatoms. The summed E-state index contributed by atoms with van der Waals surface area (Å²) in [5.74, 6) is 2.31. The normalized spacial score (nSPS) is 16.7. The van der Waals surface area contributed by atoms with Crippen molar-refractivity contribution in [2.75, 3.05) is 34.5 Å². The summed E-state index contributed by atoms with van der Waals surface area (Å²) in [5.41, 5.74) is 2.14. The maximum atomic E-state index is 12.1. The van der Waals surface area contributed by atoms with Gasteiger partial charge in [-0.2, -0.15) is 0 Å². The van der Waals surface area contributed by atoms with Crippen molar-refractivity contribution >= 4 is 32.1 Å². The van der Waals surface area contributed by atoms with Crippen molar-refractivity contribution in [3.63, 3.8) is 0 Å². The number of hydrogen-bond donors (Lipinski definition) is 4. The highest BCUT2D eigenvalue weighted by Gasteiger charge is 2.22. The molecule has 0 spiro atoms. The zero-order chi connectivity index (χ0) is 29.0. The Kier molecular flexibility index (Phi) is 18.0. The van der Waals surface area contributed by atoms with Gasteiger partial charge in [-0.25, -0.2) is 4.98 Å². The highest BCUT2D eigenvalue weighted by molar-refractivity contribution is 7.37. The van der Waals surface area contributed by atoms with E-state index in [1.807, 2.05) is 25.2 Å². The van der Waals surface area contributed by atoms with E-state index in [4.69, 9.17) is 14.6 Å². The van der Waals surface area contributed by atoms with Gasteiger partial charge in [0, 0.05) is 11.8 Å². The summed E-state index contributed by atoms with van der Waals surface area (Å²) < 4.78 is 9.69. The smallest absolute Gasteiger partial charge is 0.322 e. The number of aryl methyl sites for hydroxylation is 1. The number of benzene rings is 1. The average molecular weight is 567 g/mol. The maximum Gasteiger partial charge on any atom is 0.322 e. The lowest BCUT2D eigenvalue weighted by molar-refractivity contribution is -0.142. The number of carbonyl (C=O) groups excluding carboxylic acids is 1. The lowest BCUT2D eigenvalue weighted by atomic mass is 10.1. The van der Waals surface area contributed by atoms with E-state index in [2.05, 4.69) is 38.9 Å². The minimum Gasteiger partial charge on any atom is -0.497 e. The van der Waals surface area contributed by atoms with Gasteiger partial charge in [-0.3, -0.25) is 14.4 Å². The van der Waals surface area contributed by atoms with Crippen molar-refractivity contribution in [3.05, 3.63) is 34.2 Å². The first-order valence-electron chi connectivity index (χ1n) is 13.6. The van der Waals surface area contributed by atoms with Gasteiger partial charge in [-0.1, -0.05) is 32.1 Å². The Morgan fingerprint density at radius 2 is 1.97 bits per heavy atom. The summed E-state index contributed by atoms with van der Waals surface area (Å²) in [7, 11) is 6.04. The lowest BCUT2D eigenvalue weighted by Gasteiger charge is -2.05. The highest BCUT2D eigenvalue weighted by atomic mass is 31.1. The molecule has 2 heterocycles. The van der Waals surface area contributed by atoms with Crippen molar-refractivity contribution in [2.45, 2.75) is 76.5 Å². The van der Waals surface area contributed by atoms with Crippen LogP contribution in [-0.2, 0) is 20.7 Å². The minimum atomic E-state index is -0.250. The number of fused-ring (bicyclic) bond motifs is 1. The molecule has 3 atom stereocenters. The van der Waals surface area contributed by atoms with Crippen molar-refractivity contribution in [2.24, 2.45) is 5.92 Å². The van der Waals surface area contributed by atoms with Crippen molar-refractivity contribution < 1.29 is 24.2 Å². The van der Waals surface area contributed by atoms with Crippen molar-refractivity contribution in [1.29, 1.82) is 0 Å². The van der Waals surface area contributed by atoms with Crippen LogP contribution in [0.5, 0.6) is 5.75 Å². The first-order chi connectivity index (χ1) is 18.8. The fourth-order valence-electron chi connectivity index (χ4n) is 3.88. The van der Waals surface area contributed by atoms with E-state index < -0.39 is 0 Å². The minimum absolute atomic E-state index is 0.0324. The summed E-state index contributed by atoms with van der Waals surface area (Å²) in [6.07, 6.45) is 10.5. The quantitative estimate of drug-likeness (QED) is 0.146. The highest BCUT2D eigenvalue weighted by Crippen LogP contribution is 2.34. The van der Waals surface area contributed by atoms with E-state index in [9.17, 15) is 9.59 Å². The molecule has 0 bridgehead atoms. The van der Waals surface area contributed by atoms with E-state index in [0.717, 1.165) is 63.5 Å². The molecule has 2 fully saturated rings. The number of aromatic amines is 1. The number of carboxylic acid groups (broad SMARTS) is 1. The van der Waals surface area contributed by atoms with Crippen LogP contribution in [0.15, 0.2) is 23.0 Å². The number of nitrogens with one attached hydrogen (secondary N) is 3. The molecule has 10 nitrogen and oxygen atoms in total. The van der Waals surface area contributed by atoms with Crippen LogP contribution in [-0.4, -0.2) is 73.8 Å². The predicted molar refractivity (Wildman–Crippen MR) is 158 cm³/mol. The summed E-state index contributed by atoms with van der Waals surface area (Å²) in [6.45, 7) is 5.07. The molecule has 1 aliphatic carbocycles. The molecule has 1 saturated heterocycles. The molecule has 1 saturated carbocycles. The summed E-state index contributed by atoms with van der Waals surface area (Å²) >= 11 is 0. The van der Waals surface area contributed by atoms with Gasteiger partial charge in [0.25, 0.3) is 12.0 Å². The molecule has 4 N–H and O–H groups in total. The van der Waals surface area contributed by atoms with E-state index in [0.29, 0.717) is 11.5 Å². The van der Waals surface area contributed by atoms with E-state index in [-0.39, 0.29) is 24.0 Å². The van der Waals surface area contributed by atoms with Gasteiger partial charge in [0.1, 0.15) is 17.5 Å². The molecule has 2 aliphatic rings. The van der Waals surface area contributed by atoms with Crippen LogP contribution in [0, 0.1) is 5.92 Å². The Hall–Kier alpha value is -2.55. The zero-order valence-corrected chi connectivity index (χ0v) is 25.0. The van der Waals surface area contributed by atoms with Crippen molar-refractivity contribution in [1.82, 2.24) is 20.6 Å². The van der Waals surface area contributed by atoms with Crippen molar-refractivity contribution in [3.8, 4) is 5.75 Å². The SMILES string of the molecule is CNC(C)PC.COC(=O)C1CCCN1.COc1ccc2nc(CCCCCC3CC3)c(=O)[nH]c2c1.O=CO. The number of H-pyrrole nitrogens is 1. The molecule has 0 radical (unpaired) electrons. The van der Waals surface area contributed by atoms with Crippen LogP contribution >= 0.6 is 8.58 Å². The van der Waals surface area contributed by atoms with Crippen LogP contribution in [0.1, 0.15) is 64.0 Å². The maximum absolute atomic E-state index is 12.1. The third kappa shape index (κ3) is 14.4. The predicted octanol–water partition coefficient (Wildman–Crippen LogP) is 3.92. The molecule has 39 heavy (non-hydrogen) atoms. The number of nitrogens with zero attached hydrogens (tertiary/aromatic N) is 1. The first-order valence-corrected chi connectivity index (χ1v) is 15.2. The lowest BCUT2D eigenvalue weighted by Crippen LogP contribution is -2.31. The number of unbranched alkanes of at least 4 members (excludes halogenated alkanes) is 2. The Morgan fingerprint density at radius 3 is 2.49 bits per heavy atom. The Morgan fingerprint density at radius 1 is 1.26 bits per heavy atom. The second-order valence-corrected chi connectivity index (χ2v) is 11.0. The average Bonchev–Trinajstić information content (AvgIpc) is 3.62. The molecule has 0 amide bonds. The van der Waals surface area contributed by atoms with Gasteiger partial charge in [0.15, 0.2) is 0 Å². The summed E-state index contributed by atoms with van der Waals surface area (Å²) in [6, 6.07) is 5.53. The Balaban J connectivity index is 0.000000348. The third-order valence-electron chi connectivity index (χ3n) is 6.60. The monoisotopic (exact) mass is 566 g/mol. The van der Waals surface area contributed by atoms with Crippen LogP contribution in [0.3, 0.4) is 0 Å². The van der Waals surface area contributed by atoms with Crippen LogP contribution in [0.2, 0.25) is 0 Å². The number of esters is 1. The van der Waals surface area contributed by atoms with Gasteiger partial charge < -0.3 is 30.2 Å². The third-order valence-corrected chi connectivity index (χ3v) is 7.76. The number of aromatic nitrogens is 2. The largest absolute Gasteiger partial charge is 0.497 e. The van der Waals surface area contributed by atoms with Crippen LogP contribution in [0.4, 0.5) is 0 Å². The number of hydrogen-bond acceptors (Lipinski definition) is 8. The summed E-state index contributed by atoms with van der Waals surface area (Å²) in [4.78, 5) is 38.5. The van der Waals surface area contributed by atoms with Gasteiger partial charge in [0.2, 0.25) is 0 Å². The number of ether oxygens (including phenoxy) is 2. The number of carbonyl (C=O) groups is 2. The second kappa shape index (κ2) is 20.4. The molecular weight excluding hydrogens is 519 g/mol. The van der Waals surface area contributed by atoms with E-state index >= 15 is 0 Å². The molecule has 2 aromatic rings. The molecule has 220 valence electrons. The number of rotatable bonds is 10. The van der Waals surface area contributed by atoms with E-state index in [1.54, 1.807) is 7.11 Å². The molecule has 1 aliphatic heterocycles. The van der Waals surface area contributed by atoms with Crippen LogP contribution < -0.4 is 20.9 Å². The molecule has 4 rings (SSSR count). The molecule has 1 aromatic carbocycles. The van der Waals surface area contributed by atoms with Gasteiger partial charge in [-0.05, 0) is 70.9 Å². The first kappa shape index (κ1) is 34.5. The van der Waals surface area contributed by atoms with Gasteiger partial charge in [0.05, 0.1) is 25.3 Å². The topological polar surface area (TPSA) is 143 Å². The molecular formula is C28H47N4O6P. The number of methoxy groups -OCH3 is 2. The molecule has 3 unspecified atom stereocenters. The second-order valence-electron chi connectivity index (χ2n) is 9.51. The zero-order valence-electron chi connectivity index (χ0n) is 24.0. The van der Waals surface area contributed by atoms with Crippen LogP contribution in [0.25, 0.3) is 11.0 Å². The fraction of sp³-hybridized carbons (Fsp3) is 0.643. The van der Waals surface area contributed by atoms with Gasteiger partial charge >= 0.3 is 5.97 Å². The van der Waals surface area contributed by atoms with Gasteiger partial charge in [-0.15, -0.1) is 8.58 Å².